The molecule has 194 valence electrons. The van der Waals surface area contributed by atoms with Gasteiger partial charge in [0.15, 0.2) is 5.78 Å². The fourth-order valence-electron chi connectivity index (χ4n) is 5.34. The quantitative estimate of drug-likeness (QED) is 0.495. The minimum atomic E-state index is -0.486. The van der Waals surface area contributed by atoms with Gasteiger partial charge in [-0.25, -0.2) is 9.97 Å². The van der Waals surface area contributed by atoms with E-state index in [0.717, 1.165) is 17.5 Å². The smallest absolute Gasteiger partial charge is 0.245 e. The maximum atomic E-state index is 13.7. The largest absolute Gasteiger partial charge is 0.352 e. The predicted molar refractivity (Wildman–Crippen MR) is 140 cm³/mol. The Kier molecular flexibility index (Phi) is 6.12. The highest BCUT2D eigenvalue weighted by atomic mass is 16.2. The van der Waals surface area contributed by atoms with Crippen LogP contribution in [-0.2, 0) is 16.1 Å². The number of carbonyl (C=O) groups excluding carboxylic acids is 3. The number of carbonyl (C=O) groups is 3. The molecule has 2 aliphatic rings. The summed E-state index contributed by atoms with van der Waals surface area (Å²) < 4.78 is 1.59. The zero-order valence-corrected chi connectivity index (χ0v) is 22.3. The number of rotatable bonds is 7. The van der Waals surface area contributed by atoms with Crippen LogP contribution < -0.4 is 5.32 Å². The first-order valence-electron chi connectivity index (χ1n) is 12.9. The fourth-order valence-corrected chi connectivity index (χ4v) is 5.34. The molecular weight excluding hydrogens is 468 g/mol. The first kappa shape index (κ1) is 25.0. The van der Waals surface area contributed by atoms with Gasteiger partial charge in [-0.2, -0.15) is 5.10 Å². The Morgan fingerprint density at radius 3 is 2.46 bits per heavy atom. The first-order chi connectivity index (χ1) is 17.5. The number of nitrogens with zero attached hydrogens (tertiary/aromatic N) is 5. The maximum absolute atomic E-state index is 13.7. The van der Waals surface area contributed by atoms with Gasteiger partial charge in [0.05, 0.1) is 5.52 Å². The Hall–Kier alpha value is -3.62. The molecule has 5 rings (SSSR count). The first-order valence-corrected chi connectivity index (χ1v) is 12.9. The van der Waals surface area contributed by atoms with Crippen molar-refractivity contribution >= 4 is 28.5 Å². The van der Waals surface area contributed by atoms with Gasteiger partial charge < -0.3 is 10.2 Å². The van der Waals surface area contributed by atoms with E-state index >= 15 is 0 Å². The number of ketones is 1. The number of Topliss-reactive ketones (excluding diaryl/α,β-unsaturated/α-hetero) is 1. The van der Waals surface area contributed by atoms with E-state index in [1.54, 1.807) is 22.0 Å². The monoisotopic (exact) mass is 502 g/mol. The highest BCUT2D eigenvalue weighted by Gasteiger charge is 2.64. The Morgan fingerprint density at radius 2 is 1.81 bits per heavy atom. The molecule has 0 spiro atoms. The van der Waals surface area contributed by atoms with Crippen LogP contribution in [0, 0.1) is 18.3 Å². The summed E-state index contributed by atoms with van der Waals surface area (Å²) in [5.41, 5.74) is 2.70. The lowest BCUT2D eigenvalue weighted by atomic mass is 10.0. The van der Waals surface area contributed by atoms with Gasteiger partial charge in [0, 0.05) is 42.4 Å². The van der Waals surface area contributed by atoms with Crippen molar-refractivity contribution in [3.05, 3.63) is 42.1 Å². The number of piperidine rings is 1. The summed E-state index contributed by atoms with van der Waals surface area (Å²) in [6.45, 7) is 11.5. The summed E-state index contributed by atoms with van der Waals surface area (Å²) in [6.07, 6.45) is 5.07. The normalized spacial score (nSPS) is 23.3. The lowest BCUT2D eigenvalue weighted by molar-refractivity contribution is -0.140. The second kappa shape index (κ2) is 9.04. The van der Waals surface area contributed by atoms with E-state index in [1.165, 1.54) is 6.92 Å². The second-order valence-electron chi connectivity index (χ2n) is 11.2. The minimum Gasteiger partial charge on any atom is -0.352 e. The Balaban J connectivity index is 1.44. The Labute approximate surface area is 216 Å². The predicted octanol–water partition coefficient (Wildman–Crippen LogP) is 3.54. The maximum Gasteiger partial charge on any atom is 0.245 e. The van der Waals surface area contributed by atoms with Gasteiger partial charge in [0.1, 0.15) is 24.1 Å². The molecule has 0 radical (unpaired) electrons. The number of aryl methyl sites for hydroxylation is 1. The van der Waals surface area contributed by atoms with E-state index in [1.807, 2.05) is 32.0 Å². The molecule has 4 atom stereocenters. The molecule has 1 aromatic carbocycles. The summed E-state index contributed by atoms with van der Waals surface area (Å²) in [7, 11) is 0. The zero-order valence-electron chi connectivity index (χ0n) is 22.3. The number of fused-ring (bicyclic) bond motifs is 2. The van der Waals surface area contributed by atoms with Crippen molar-refractivity contribution in [1.29, 1.82) is 0 Å². The minimum absolute atomic E-state index is 0.0134. The molecule has 1 N–H and O–H groups in total. The summed E-state index contributed by atoms with van der Waals surface area (Å²) in [5.74, 6) is 0.558. The van der Waals surface area contributed by atoms with E-state index < -0.39 is 6.04 Å². The van der Waals surface area contributed by atoms with Gasteiger partial charge in [0.2, 0.25) is 11.8 Å². The van der Waals surface area contributed by atoms with Crippen LogP contribution in [0.5, 0.6) is 0 Å². The topological polar surface area (TPSA) is 110 Å². The number of hydrogen-bond donors (Lipinski definition) is 1. The molecule has 2 amide bonds. The molecule has 0 bridgehead atoms. The third-order valence-corrected chi connectivity index (χ3v) is 8.08. The molecule has 3 heterocycles. The highest BCUT2D eigenvalue weighted by molar-refractivity contribution is 6.06. The van der Waals surface area contributed by atoms with Crippen LogP contribution in [0.2, 0.25) is 0 Å². The van der Waals surface area contributed by atoms with Crippen molar-refractivity contribution in [3.8, 4) is 11.1 Å². The third kappa shape index (κ3) is 4.51. The lowest BCUT2D eigenvalue weighted by Gasteiger charge is -2.29. The van der Waals surface area contributed by atoms with Crippen LogP contribution in [0.4, 0.5) is 0 Å². The van der Waals surface area contributed by atoms with Gasteiger partial charge in [-0.1, -0.05) is 26.8 Å². The van der Waals surface area contributed by atoms with Crippen LogP contribution in [0.1, 0.15) is 63.8 Å². The van der Waals surface area contributed by atoms with Crippen LogP contribution in [0.15, 0.2) is 30.6 Å². The van der Waals surface area contributed by atoms with E-state index in [2.05, 4.69) is 41.2 Å². The molecule has 1 aliphatic heterocycles. The molecule has 2 aromatic heterocycles. The van der Waals surface area contributed by atoms with Crippen molar-refractivity contribution in [2.75, 3.05) is 0 Å². The second-order valence-corrected chi connectivity index (χ2v) is 11.2. The number of aromatic nitrogens is 4. The number of hydrogen-bond acceptors (Lipinski definition) is 6. The average Bonchev–Trinajstić information content (AvgIpc) is 3.22. The molecule has 2 fully saturated rings. The molecule has 0 unspecified atom stereocenters. The molecule has 3 aromatic rings. The zero-order chi connectivity index (χ0) is 26.6. The van der Waals surface area contributed by atoms with Crippen molar-refractivity contribution in [3.63, 3.8) is 0 Å². The standard InChI is InChI=1S/C28H34N6O3/c1-15(2)16(3)31-27(37)23-10-28(6)11-24(28)34(23)25(36)14-33-22-8-7-19(20-12-29-18(5)30-13-20)9-21(22)26(32-33)17(4)35/h7-9,12-13,15-16,23-24H,10-11,14H2,1-6H3,(H,31,37)/t16-,23+,24-,28+/m1/s1. The molecular formula is C28H34N6O3. The van der Waals surface area contributed by atoms with Gasteiger partial charge in [-0.15, -0.1) is 0 Å². The third-order valence-electron chi connectivity index (χ3n) is 8.08. The highest BCUT2D eigenvalue weighted by Crippen LogP contribution is 2.59. The number of nitrogens with one attached hydrogen (secondary N) is 1. The summed E-state index contributed by atoms with van der Waals surface area (Å²) in [6, 6.07) is 5.28. The van der Waals surface area contributed by atoms with Gasteiger partial charge in [-0.3, -0.25) is 19.1 Å². The lowest BCUT2D eigenvalue weighted by Crippen LogP contribution is -2.51. The van der Waals surface area contributed by atoms with Crippen LogP contribution in [-0.4, -0.2) is 60.4 Å². The SMILES string of the molecule is CC(=O)c1nn(CC(=O)N2[C@H](C(=O)N[C@H](C)C(C)C)C[C@@]3(C)C[C@@H]23)c2ccc(-c3cnc(C)nc3)cc12. The summed E-state index contributed by atoms with van der Waals surface area (Å²) >= 11 is 0. The van der Waals surface area contributed by atoms with Crippen molar-refractivity contribution in [2.45, 2.75) is 79.1 Å². The Morgan fingerprint density at radius 1 is 1.11 bits per heavy atom. The van der Waals surface area contributed by atoms with Crippen LogP contribution >= 0.6 is 0 Å². The van der Waals surface area contributed by atoms with Gasteiger partial charge >= 0.3 is 0 Å². The van der Waals surface area contributed by atoms with Crippen LogP contribution in [0.25, 0.3) is 22.0 Å². The molecule has 9 nitrogen and oxygen atoms in total. The van der Waals surface area contributed by atoms with E-state index in [-0.39, 0.29) is 41.6 Å². The van der Waals surface area contributed by atoms with Crippen LogP contribution in [0.3, 0.4) is 0 Å². The molecule has 37 heavy (non-hydrogen) atoms. The van der Waals surface area contributed by atoms with Gasteiger partial charge in [-0.05, 0) is 55.7 Å². The average molecular weight is 503 g/mol. The van der Waals surface area contributed by atoms with Crippen molar-refractivity contribution < 1.29 is 14.4 Å². The summed E-state index contributed by atoms with van der Waals surface area (Å²) in [4.78, 5) is 49.6. The van der Waals surface area contributed by atoms with E-state index in [4.69, 9.17) is 0 Å². The molecule has 9 heteroatoms. The fraction of sp³-hybridized carbons (Fsp3) is 0.500. The molecule has 1 aliphatic carbocycles. The number of likely N-dealkylation sites (tertiary alicyclic amines) is 1. The Bertz CT molecular complexity index is 1390. The number of benzene rings is 1. The molecule has 1 saturated carbocycles. The summed E-state index contributed by atoms with van der Waals surface area (Å²) in [5, 5.41) is 8.30. The van der Waals surface area contributed by atoms with Gasteiger partial charge in [0.25, 0.3) is 0 Å². The van der Waals surface area contributed by atoms with E-state index in [0.29, 0.717) is 34.8 Å². The van der Waals surface area contributed by atoms with Crippen molar-refractivity contribution in [1.82, 2.24) is 30.0 Å². The van der Waals surface area contributed by atoms with Crippen molar-refractivity contribution in [2.24, 2.45) is 11.3 Å². The number of amides is 2. The molecule has 1 saturated heterocycles. The van der Waals surface area contributed by atoms with E-state index in [9.17, 15) is 14.4 Å².